The van der Waals surface area contributed by atoms with Crippen LogP contribution in [0.5, 0.6) is 11.5 Å². The van der Waals surface area contributed by atoms with E-state index in [2.05, 4.69) is 15.6 Å². The van der Waals surface area contributed by atoms with Crippen molar-refractivity contribution < 1.29 is 33.5 Å². The van der Waals surface area contributed by atoms with Gasteiger partial charge < -0.3 is 19.7 Å². The number of rotatable bonds is 12. The van der Waals surface area contributed by atoms with Crippen LogP contribution >= 0.6 is 11.6 Å². The normalized spacial score (nSPS) is 11.9. The summed E-state index contributed by atoms with van der Waals surface area (Å²) in [5.74, 6) is -1.72. The Bertz CT molecular complexity index is 1660. The Hall–Kier alpha value is -4.51. The molecule has 0 aliphatic heterocycles. The van der Waals surface area contributed by atoms with Crippen molar-refractivity contribution in [2.75, 3.05) is 6.61 Å². The second-order valence-corrected chi connectivity index (χ2v) is 9.53. The molecule has 4 aromatic carbocycles. The van der Waals surface area contributed by atoms with E-state index in [1.54, 1.807) is 24.3 Å². The molecule has 1 unspecified atom stereocenters. The molecule has 0 amide bonds. The van der Waals surface area contributed by atoms with E-state index in [-0.39, 0.29) is 31.3 Å². The van der Waals surface area contributed by atoms with Crippen LogP contribution in [0.1, 0.15) is 16.7 Å². The monoisotopic (exact) mass is 577 g/mol. The molecule has 0 radical (unpaired) electrons. The van der Waals surface area contributed by atoms with E-state index in [0.29, 0.717) is 27.2 Å². The van der Waals surface area contributed by atoms with Gasteiger partial charge in [0, 0.05) is 29.3 Å². The fourth-order valence-electron chi connectivity index (χ4n) is 4.19. The van der Waals surface area contributed by atoms with Gasteiger partial charge in [0.05, 0.1) is 11.6 Å². The third-order valence-electron chi connectivity index (χ3n) is 6.39. The Labute approximate surface area is 239 Å². The number of aliphatic hydroxyl groups excluding tert-OH is 1. The van der Waals surface area contributed by atoms with Gasteiger partial charge in [-0.15, -0.1) is 0 Å². The van der Waals surface area contributed by atoms with Gasteiger partial charge in [-0.3, -0.25) is 10.1 Å². The lowest BCUT2D eigenvalue weighted by molar-refractivity contribution is -0.140. The van der Waals surface area contributed by atoms with Gasteiger partial charge in [-0.05, 0) is 39.6 Å². The predicted molar refractivity (Wildman–Crippen MR) is 149 cm³/mol. The standard InChI is InChI=1S/C30H25ClFN3O6/c31-29-20(7-4-8-22(29)19-5-2-1-3-6-19)17-40-28-13-27(21(12-23(28)32)14-33-26(15-36)30(37)38)39-16-18-9-10-24-25(11-18)35-41-34-24/h1-13,26,33,36H,14-17H2,(H,37,38). The second-order valence-electron chi connectivity index (χ2n) is 9.15. The number of nitrogens with one attached hydrogen (secondary N) is 1. The van der Waals surface area contributed by atoms with Gasteiger partial charge in [-0.25, -0.2) is 9.02 Å². The van der Waals surface area contributed by atoms with Crippen molar-refractivity contribution in [2.24, 2.45) is 0 Å². The van der Waals surface area contributed by atoms with Gasteiger partial charge in [0.15, 0.2) is 11.6 Å². The van der Waals surface area contributed by atoms with Crippen molar-refractivity contribution in [3.8, 4) is 22.6 Å². The molecule has 3 N–H and O–H groups in total. The molecule has 210 valence electrons. The molecule has 1 atom stereocenters. The highest BCUT2D eigenvalue weighted by Gasteiger charge is 2.19. The largest absolute Gasteiger partial charge is 0.488 e. The second kappa shape index (κ2) is 12.8. The summed E-state index contributed by atoms with van der Waals surface area (Å²) in [5.41, 5.74) is 4.68. The number of carbonyl (C=O) groups is 1. The number of fused-ring (bicyclic) bond motifs is 1. The van der Waals surface area contributed by atoms with E-state index >= 15 is 4.39 Å². The third-order valence-corrected chi connectivity index (χ3v) is 6.84. The number of hydrogen-bond donors (Lipinski definition) is 3. The lowest BCUT2D eigenvalue weighted by atomic mass is 10.0. The summed E-state index contributed by atoms with van der Waals surface area (Å²) < 4.78 is 31.8. The van der Waals surface area contributed by atoms with Crippen molar-refractivity contribution in [1.29, 1.82) is 0 Å². The maximum Gasteiger partial charge on any atom is 0.323 e. The smallest absolute Gasteiger partial charge is 0.323 e. The number of aromatic nitrogens is 2. The number of halogens is 2. The predicted octanol–water partition coefficient (Wildman–Crippen LogP) is 5.38. The summed E-state index contributed by atoms with van der Waals surface area (Å²) >= 11 is 6.68. The van der Waals surface area contributed by atoms with Crippen LogP contribution in [0.3, 0.4) is 0 Å². The third kappa shape index (κ3) is 6.63. The molecular weight excluding hydrogens is 553 g/mol. The first-order chi connectivity index (χ1) is 19.9. The molecule has 41 heavy (non-hydrogen) atoms. The van der Waals surface area contributed by atoms with Crippen molar-refractivity contribution in [2.45, 2.75) is 25.8 Å². The Balaban J connectivity index is 1.38. The Morgan fingerprint density at radius 1 is 0.927 bits per heavy atom. The van der Waals surface area contributed by atoms with Gasteiger partial charge in [-0.1, -0.05) is 66.2 Å². The zero-order valence-corrected chi connectivity index (χ0v) is 22.3. The number of benzene rings is 4. The van der Waals surface area contributed by atoms with E-state index < -0.39 is 24.4 Å². The number of nitrogens with zero attached hydrogens (tertiary/aromatic N) is 2. The summed E-state index contributed by atoms with van der Waals surface area (Å²) in [4.78, 5) is 11.3. The molecule has 1 heterocycles. The first kappa shape index (κ1) is 28.0. The molecule has 5 rings (SSSR count). The highest BCUT2D eigenvalue weighted by atomic mass is 35.5. The molecular formula is C30H25ClFN3O6. The number of carboxylic acids is 1. The van der Waals surface area contributed by atoms with E-state index in [0.717, 1.165) is 16.7 Å². The highest BCUT2D eigenvalue weighted by Crippen LogP contribution is 2.33. The van der Waals surface area contributed by atoms with E-state index in [4.69, 9.17) is 25.7 Å². The van der Waals surface area contributed by atoms with Gasteiger partial charge in [-0.2, -0.15) is 0 Å². The fraction of sp³-hybridized carbons (Fsp3) is 0.167. The number of hydrogen-bond acceptors (Lipinski definition) is 8. The summed E-state index contributed by atoms with van der Waals surface area (Å²) in [6.07, 6.45) is 0. The van der Waals surface area contributed by atoms with E-state index in [9.17, 15) is 15.0 Å². The Kier molecular flexibility index (Phi) is 8.73. The molecule has 11 heteroatoms. The maximum atomic E-state index is 15.2. The van der Waals surface area contributed by atoms with Crippen LogP contribution in [0.25, 0.3) is 22.2 Å². The Morgan fingerprint density at radius 3 is 2.49 bits per heavy atom. The molecule has 0 spiro atoms. The first-order valence-corrected chi connectivity index (χ1v) is 13.0. The average molecular weight is 578 g/mol. The van der Waals surface area contributed by atoms with Gasteiger partial charge in [0.1, 0.15) is 36.0 Å². The van der Waals surface area contributed by atoms with Crippen LogP contribution in [-0.4, -0.2) is 39.1 Å². The molecule has 9 nitrogen and oxygen atoms in total. The zero-order valence-electron chi connectivity index (χ0n) is 21.6. The van der Waals surface area contributed by atoms with Crippen LogP contribution in [0.2, 0.25) is 5.02 Å². The van der Waals surface area contributed by atoms with Gasteiger partial charge in [0.25, 0.3) is 0 Å². The lowest BCUT2D eigenvalue weighted by Crippen LogP contribution is -2.39. The topological polar surface area (TPSA) is 127 Å². The van der Waals surface area contributed by atoms with Crippen molar-refractivity contribution in [3.05, 3.63) is 106 Å². The molecule has 1 aromatic heterocycles. The molecule has 0 bridgehead atoms. The lowest BCUT2D eigenvalue weighted by Gasteiger charge is -2.18. The van der Waals surface area contributed by atoms with E-state index in [1.165, 1.54) is 12.1 Å². The molecule has 0 saturated carbocycles. The molecule has 0 aliphatic carbocycles. The number of ether oxygens (including phenoxy) is 2. The quantitative estimate of drug-likeness (QED) is 0.179. The molecule has 0 saturated heterocycles. The van der Waals surface area contributed by atoms with Crippen LogP contribution in [-0.2, 0) is 24.6 Å². The minimum atomic E-state index is -1.24. The van der Waals surface area contributed by atoms with Crippen molar-refractivity contribution >= 4 is 28.6 Å². The van der Waals surface area contributed by atoms with Crippen LogP contribution < -0.4 is 14.8 Å². The Morgan fingerprint density at radius 2 is 1.71 bits per heavy atom. The number of aliphatic hydroxyl groups is 1. The van der Waals surface area contributed by atoms with Crippen LogP contribution in [0, 0.1) is 5.82 Å². The SMILES string of the molecule is O=C(O)C(CO)NCc1cc(F)c(OCc2cccc(-c3ccccc3)c2Cl)cc1OCc1ccc2nonc2c1. The van der Waals surface area contributed by atoms with Gasteiger partial charge >= 0.3 is 5.97 Å². The first-order valence-electron chi connectivity index (χ1n) is 12.6. The average Bonchev–Trinajstić information content (AvgIpc) is 3.45. The number of carboxylic acid groups (broad SMARTS) is 1. The molecule has 0 aliphatic rings. The summed E-state index contributed by atoms with van der Waals surface area (Å²) in [5, 5.41) is 29.4. The zero-order chi connectivity index (χ0) is 28.8. The van der Waals surface area contributed by atoms with Gasteiger partial charge in [0.2, 0.25) is 0 Å². The fourth-order valence-corrected chi connectivity index (χ4v) is 4.48. The van der Waals surface area contributed by atoms with E-state index in [1.807, 2.05) is 42.5 Å². The molecule has 5 aromatic rings. The van der Waals surface area contributed by atoms with Crippen LogP contribution in [0.15, 0.2) is 83.5 Å². The molecule has 0 fully saturated rings. The van der Waals surface area contributed by atoms with Crippen molar-refractivity contribution in [1.82, 2.24) is 15.6 Å². The number of aliphatic carboxylic acids is 1. The maximum absolute atomic E-state index is 15.2. The summed E-state index contributed by atoms with van der Waals surface area (Å²) in [7, 11) is 0. The van der Waals surface area contributed by atoms with Crippen molar-refractivity contribution in [3.63, 3.8) is 0 Å². The minimum absolute atomic E-state index is 0.00507. The highest BCUT2D eigenvalue weighted by molar-refractivity contribution is 6.34. The minimum Gasteiger partial charge on any atom is -0.488 e. The summed E-state index contributed by atoms with van der Waals surface area (Å²) in [6, 6.07) is 21.9. The summed E-state index contributed by atoms with van der Waals surface area (Å²) in [6.45, 7) is -0.631. The van der Waals surface area contributed by atoms with Crippen LogP contribution in [0.4, 0.5) is 4.39 Å².